The molecule has 0 aliphatic carbocycles. The molecule has 0 amide bonds. The van der Waals surface area contributed by atoms with Gasteiger partial charge in [0, 0.05) is 0 Å². The van der Waals surface area contributed by atoms with Crippen LogP contribution < -0.4 is 24.8 Å². The molecule has 0 aliphatic rings. The van der Waals surface area contributed by atoms with Crippen LogP contribution in [0.25, 0.3) is 0 Å². The van der Waals surface area contributed by atoms with E-state index in [9.17, 15) is 5.11 Å². The van der Waals surface area contributed by atoms with E-state index in [1.54, 1.807) is 0 Å². The molecule has 1 N–H and O–H groups in total. The fraction of sp³-hybridized carbons (Fsp3) is 0.450. The second-order valence-corrected chi connectivity index (χ2v) is 7.67. The average molecular weight is 448 g/mol. The fourth-order valence-corrected chi connectivity index (χ4v) is 2.24. The first kappa shape index (κ1) is 28.6. The number of hydrogen-bond donors (Lipinski definition) is 1. The smallest absolute Gasteiger partial charge is 1.00 e. The number of aromatic hydroxyl groups is 1. The van der Waals surface area contributed by atoms with E-state index in [2.05, 4.69) is 60.6 Å². The van der Waals surface area contributed by atoms with Crippen molar-refractivity contribution in [3.05, 3.63) is 59.2 Å². The van der Waals surface area contributed by atoms with Crippen molar-refractivity contribution in [2.75, 3.05) is 0 Å². The minimum absolute atomic E-state index is 0. The minimum atomic E-state index is -0.0178. The summed E-state index contributed by atoms with van der Waals surface area (Å²) >= 11 is 0. The number of halogens is 2. The maximum Gasteiger partial charge on any atom is 3.00 e. The third-order valence-corrected chi connectivity index (χ3v) is 3.43. The maximum atomic E-state index is 10.4. The van der Waals surface area contributed by atoms with Crippen LogP contribution in [0.2, 0.25) is 0 Å². The molecule has 2 aromatic rings. The quantitative estimate of drug-likeness (QED) is 0.551. The molecule has 0 unspecified atom stereocenters. The molecule has 0 spiro atoms. The summed E-state index contributed by atoms with van der Waals surface area (Å²) in [5, 5.41) is 10.4. The van der Waals surface area contributed by atoms with Crippen LogP contribution in [-0.2, 0) is 37.0 Å². The van der Waals surface area contributed by atoms with E-state index in [0.29, 0.717) is 5.75 Å². The van der Waals surface area contributed by atoms with Crippen LogP contribution in [0.15, 0.2) is 42.5 Å². The first-order valence-corrected chi connectivity index (χ1v) is 7.54. The van der Waals surface area contributed by atoms with Gasteiger partial charge in [0.05, 0.1) is 0 Å². The van der Waals surface area contributed by atoms with E-state index in [-0.39, 0.29) is 61.8 Å². The molecule has 2 rings (SSSR count). The molecule has 1 radical (unpaired) electrons. The molecular formula is C20H29Cl2OZr. The van der Waals surface area contributed by atoms with Gasteiger partial charge in [-0.2, -0.15) is 18.2 Å². The number of phenols is 1. The Balaban J connectivity index is -0.000000475. The molecule has 4 heteroatoms. The Morgan fingerprint density at radius 2 is 1.12 bits per heavy atom. The van der Waals surface area contributed by atoms with Gasteiger partial charge in [0.1, 0.15) is 5.75 Å². The van der Waals surface area contributed by atoms with E-state index < -0.39 is 0 Å². The van der Waals surface area contributed by atoms with Crippen LogP contribution in [0.3, 0.4) is 0 Å². The second-order valence-electron chi connectivity index (χ2n) is 7.67. The SMILES string of the molecule is Cc1cc(C(C)(C)C)c(O)c(C(C)(C)C)c1.[Cl-].[Cl-].[Zr+3].c1cc[cH-]c1. The van der Waals surface area contributed by atoms with E-state index in [1.165, 1.54) is 5.56 Å². The third kappa shape index (κ3) is 8.79. The van der Waals surface area contributed by atoms with E-state index in [1.807, 2.05) is 30.3 Å². The zero-order chi connectivity index (χ0) is 16.3. The van der Waals surface area contributed by atoms with Crippen molar-refractivity contribution in [1.29, 1.82) is 0 Å². The molecule has 2 aromatic carbocycles. The molecule has 0 aliphatic heterocycles. The molecule has 1 nitrogen and oxygen atoms in total. The molecule has 0 atom stereocenters. The van der Waals surface area contributed by atoms with Gasteiger partial charge < -0.3 is 29.9 Å². The molecular weight excluding hydrogens is 418 g/mol. The topological polar surface area (TPSA) is 20.2 Å². The molecule has 0 saturated heterocycles. The Morgan fingerprint density at radius 3 is 1.33 bits per heavy atom. The average Bonchev–Trinajstić information content (AvgIpc) is 2.87. The minimum Gasteiger partial charge on any atom is -1.00 e. The summed E-state index contributed by atoms with van der Waals surface area (Å²) in [4.78, 5) is 0. The predicted octanol–water partition coefficient (Wildman–Crippen LogP) is -0.293. The van der Waals surface area contributed by atoms with Crippen molar-refractivity contribution in [1.82, 2.24) is 0 Å². The molecule has 0 aromatic heterocycles. The summed E-state index contributed by atoms with van der Waals surface area (Å²) < 4.78 is 0. The normalized spacial score (nSPS) is 10.3. The zero-order valence-electron chi connectivity index (χ0n) is 15.7. The van der Waals surface area contributed by atoms with Crippen molar-refractivity contribution in [3.63, 3.8) is 0 Å². The van der Waals surface area contributed by atoms with Crippen molar-refractivity contribution in [3.8, 4) is 5.75 Å². The van der Waals surface area contributed by atoms with Crippen molar-refractivity contribution < 1.29 is 56.1 Å². The van der Waals surface area contributed by atoms with Gasteiger partial charge in [-0.25, -0.2) is 12.1 Å². The Bertz CT molecular complexity index is 512. The number of hydrogen-bond acceptors (Lipinski definition) is 1. The van der Waals surface area contributed by atoms with Crippen LogP contribution in [0.1, 0.15) is 58.2 Å². The Morgan fingerprint density at radius 1 is 0.792 bits per heavy atom. The first-order valence-electron chi connectivity index (χ1n) is 7.54. The molecule has 0 heterocycles. The van der Waals surface area contributed by atoms with Crippen molar-refractivity contribution in [2.24, 2.45) is 0 Å². The van der Waals surface area contributed by atoms with Gasteiger partial charge >= 0.3 is 26.2 Å². The number of phenolic OH excluding ortho intramolecular Hbond substituents is 1. The van der Waals surface area contributed by atoms with Crippen molar-refractivity contribution in [2.45, 2.75) is 59.3 Å². The van der Waals surface area contributed by atoms with Gasteiger partial charge in [0.15, 0.2) is 0 Å². The van der Waals surface area contributed by atoms with Crippen LogP contribution in [0, 0.1) is 6.92 Å². The largest absolute Gasteiger partial charge is 3.00 e. The second kappa shape index (κ2) is 11.4. The summed E-state index contributed by atoms with van der Waals surface area (Å²) in [5.41, 5.74) is 3.26. The molecule has 133 valence electrons. The van der Waals surface area contributed by atoms with Crippen LogP contribution in [0.4, 0.5) is 0 Å². The van der Waals surface area contributed by atoms with Crippen molar-refractivity contribution >= 4 is 0 Å². The number of rotatable bonds is 0. The van der Waals surface area contributed by atoms with E-state index >= 15 is 0 Å². The summed E-state index contributed by atoms with van der Waals surface area (Å²) in [7, 11) is 0. The predicted molar refractivity (Wildman–Crippen MR) is 92.3 cm³/mol. The van der Waals surface area contributed by atoms with Gasteiger partial charge in [0.25, 0.3) is 0 Å². The fourth-order valence-electron chi connectivity index (χ4n) is 2.24. The number of benzene rings is 1. The number of aryl methyl sites for hydroxylation is 1. The molecule has 24 heavy (non-hydrogen) atoms. The summed E-state index contributed by atoms with van der Waals surface area (Å²) in [6.07, 6.45) is 0. The van der Waals surface area contributed by atoms with Gasteiger partial charge in [0.2, 0.25) is 0 Å². The Labute approximate surface area is 179 Å². The standard InChI is InChI=1S/C15H24O.C5H5.2ClH.Zr/c1-10-8-11(14(2,3)4)13(16)12(9-10)15(5,6)7;1-2-4-5-3-1;;;/h8-9,16H,1-7H3;1-5H;2*1H;/q;-1;;;+3/p-2. The summed E-state index contributed by atoms with van der Waals surface area (Å²) in [6, 6.07) is 14.2. The van der Waals surface area contributed by atoms with E-state index in [0.717, 1.165) is 11.1 Å². The van der Waals surface area contributed by atoms with Gasteiger partial charge in [-0.1, -0.05) is 59.2 Å². The summed E-state index contributed by atoms with van der Waals surface area (Å²) in [6.45, 7) is 14.9. The van der Waals surface area contributed by atoms with Gasteiger partial charge in [-0.05, 0) is 28.9 Å². The molecule has 0 bridgehead atoms. The Kier molecular flexibility index (Phi) is 13.7. The molecule has 0 fully saturated rings. The monoisotopic (exact) mass is 445 g/mol. The van der Waals surface area contributed by atoms with Gasteiger partial charge in [-0.3, -0.25) is 0 Å². The first-order chi connectivity index (χ1) is 9.53. The molecule has 0 saturated carbocycles. The van der Waals surface area contributed by atoms with Crippen LogP contribution >= 0.6 is 0 Å². The zero-order valence-corrected chi connectivity index (χ0v) is 19.7. The van der Waals surface area contributed by atoms with Crippen LogP contribution in [-0.4, -0.2) is 5.11 Å². The van der Waals surface area contributed by atoms with Crippen LogP contribution in [0.5, 0.6) is 5.75 Å². The summed E-state index contributed by atoms with van der Waals surface area (Å²) in [5.74, 6) is 0.464. The Hall–Kier alpha value is -0.167. The van der Waals surface area contributed by atoms with Gasteiger partial charge in [-0.15, -0.1) is 0 Å². The maximum absolute atomic E-state index is 10.4. The third-order valence-electron chi connectivity index (χ3n) is 3.43. The van der Waals surface area contributed by atoms with E-state index in [4.69, 9.17) is 0 Å².